The second-order valence-corrected chi connectivity index (χ2v) is 6.64. The highest BCUT2D eigenvalue weighted by atomic mass is 32.2. The van der Waals surface area contributed by atoms with Crippen molar-refractivity contribution in [2.24, 2.45) is 0 Å². The molecule has 21 heavy (non-hydrogen) atoms. The molecular weight excluding hydrogens is 304 g/mol. The molecule has 1 aromatic heterocycles. The number of dihydropyridines is 1. The van der Waals surface area contributed by atoms with E-state index in [4.69, 9.17) is 4.74 Å². The summed E-state index contributed by atoms with van der Waals surface area (Å²) in [6.07, 6.45) is 0. The van der Waals surface area contributed by atoms with E-state index in [9.17, 15) is 10.1 Å². The van der Waals surface area contributed by atoms with E-state index in [1.54, 1.807) is 11.8 Å². The van der Waals surface area contributed by atoms with E-state index in [0.717, 1.165) is 21.4 Å². The minimum Gasteiger partial charge on any atom is -0.466 e. The molecule has 1 aliphatic rings. The van der Waals surface area contributed by atoms with Crippen LogP contribution in [0, 0.1) is 11.3 Å². The largest absolute Gasteiger partial charge is 0.466 e. The van der Waals surface area contributed by atoms with Gasteiger partial charge in [0.1, 0.15) is 0 Å². The molecule has 110 valence electrons. The molecule has 2 rings (SSSR count). The van der Waals surface area contributed by atoms with Crippen LogP contribution in [0.3, 0.4) is 0 Å². The highest BCUT2D eigenvalue weighted by Crippen LogP contribution is 2.42. The average molecular weight is 320 g/mol. The Balaban J connectivity index is 2.59. The first-order chi connectivity index (χ1) is 10.1. The minimum atomic E-state index is -0.397. The number of hydrogen-bond donors (Lipinski definition) is 1. The van der Waals surface area contributed by atoms with Crippen LogP contribution in [0.15, 0.2) is 39.4 Å². The van der Waals surface area contributed by atoms with Crippen LogP contribution in [-0.4, -0.2) is 18.8 Å². The fourth-order valence-electron chi connectivity index (χ4n) is 2.29. The van der Waals surface area contributed by atoms with Crippen molar-refractivity contribution < 1.29 is 9.53 Å². The lowest BCUT2D eigenvalue weighted by molar-refractivity contribution is -0.136. The summed E-state index contributed by atoms with van der Waals surface area (Å²) in [6, 6.07) is 6.14. The number of ether oxygens (including phenoxy) is 1. The van der Waals surface area contributed by atoms with Crippen molar-refractivity contribution in [3.63, 3.8) is 0 Å². The monoisotopic (exact) mass is 320 g/mol. The molecular formula is C15H16N2O2S2. The van der Waals surface area contributed by atoms with E-state index < -0.39 is 5.97 Å². The third-order valence-corrected chi connectivity index (χ3v) is 5.01. The molecule has 0 saturated heterocycles. The summed E-state index contributed by atoms with van der Waals surface area (Å²) in [4.78, 5) is 13.1. The van der Waals surface area contributed by atoms with E-state index >= 15 is 0 Å². The van der Waals surface area contributed by atoms with Gasteiger partial charge in [0.05, 0.1) is 35.3 Å². The Hall–Kier alpha value is -1.71. The Bertz CT molecular complexity index is 639. The Morgan fingerprint density at radius 1 is 1.62 bits per heavy atom. The number of thioether (sulfide) groups is 1. The normalized spacial score (nSPS) is 18.3. The molecule has 0 amide bonds. The molecule has 0 fully saturated rings. The van der Waals surface area contributed by atoms with Crippen molar-refractivity contribution in [3.8, 4) is 6.07 Å². The summed E-state index contributed by atoms with van der Waals surface area (Å²) in [6.45, 7) is 3.88. The lowest BCUT2D eigenvalue weighted by atomic mass is 9.87. The molecule has 1 aromatic rings. The first-order valence-corrected chi connectivity index (χ1v) is 8.37. The number of nitrogens with zero attached hydrogens (tertiary/aromatic N) is 1. The minimum absolute atomic E-state index is 0.349. The molecule has 6 heteroatoms. The summed E-state index contributed by atoms with van der Waals surface area (Å²) >= 11 is 3.11. The van der Waals surface area contributed by atoms with E-state index in [2.05, 4.69) is 11.4 Å². The molecule has 0 radical (unpaired) electrons. The summed E-state index contributed by atoms with van der Waals surface area (Å²) < 4.78 is 4.91. The molecule has 4 nitrogen and oxygen atoms in total. The van der Waals surface area contributed by atoms with Gasteiger partial charge in [0, 0.05) is 10.6 Å². The van der Waals surface area contributed by atoms with Crippen molar-refractivity contribution >= 4 is 29.1 Å². The summed E-state index contributed by atoms with van der Waals surface area (Å²) in [5, 5.41) is 15.5. The molecule has 1 aliphatic heterocycles. The summed E-state index contributed by atoms with van der Waals surface area (Å²) in [5.41, 5.74) is 1.84. The summed E-state index contributed by atoms with van der Waals surface area (Å²) in [7, 11) is 1.36. The van der Waals surface area contributed by atoms with Gasteiger partial charge in [-0.25, -0.2) is 4.79 Å². The number of carbonyl (C=O) groups excluding carboxylic acids is 1. The van der Waals surface area contributed by atoms with Crippen molar-refractivity contribution in [1.82, 2.24) is 5.32 Å². The van der Waals surface area contributed by atoms with Crippen LogP contribution >= 0.6 is 23.1 Å². The lowest BCUT2D eigenvalue weighted by Gasteiger charge is -2.28. The van der Waals surface area contributed by atoms with Crippen molar-refractivity contribution in [2.75, 3.05) is 12.9 Å². The van der Waals surface area contributed by atoms with Gasteiger partial charge < -0.3 is 10.1 Å². The number of esters is 1. The number of nitriles is 1. The lowest BCUT2D eigenvalue weighted by Crippen LogP contribution is -2.28. The van der Waals surface area contributed by atoms with E-state index in [-0.39, 0.29) is 5.92 Å². The van der Waals surface area contributed by atoms with E-state index in [1.807, 2.05) is 31.4 Å². The van der Waals surface area contributed by atoms with Gasteiger partial charge in [0.2, 0.25) is 0 Å². The zero-order valence-corrected chi connectivity index (χ0v) is 13.7. The Kier molecular flexibility index (Phi) is 5.10. The molecule has 2 heterocycles. The van der Waals surface area contributed by atoms with Crippen molar-refractivity contribution in [3.05, 3.63) is 44.3 Å². The van der Waals surface area contributed by atoms with Crippen molar-refractivity contribution in [1.29, 1.82) is 5.26 Å². The molecule has 1 N–H and O–H groups in total. The maximum absolute atomic E-state index is 12.2. The van der Waals surface area contributed by atoms with Gasteiger partial charge in [-0.2, -0.15) is 5.26 Å². The molecule has 1 atom stereocenters. The number of rotatable bonds is 4. The predicted molar refractivity (Wildman–Crippen MR) is 85.7 cm³/mol. The van der Waals surface area contributed by atoms with Gasteiger partial charge in [0.25, 0.3) is 0 Å². The van der Waals surface area contributed by atoms with Crippen LogP contribution in [0.1, 0.15) is 24.6 Å². The second-order valence-electron chi connectivity index (χ2n) is 4.39. The first kappa shape index (κ1) is 15.7. The number of allylic oxidation sites excluding steroid dienone is 2. The fourth-order valence-corrected chi connectivity index (χ4v) is 3.97. The van der Waals surface area contributed by atoms with E-state index in [1.165, 1.54) is 18.4 Å². The molecule has 0 saturated carbocycles. The maximum Gasteiger partial charge on any atom is 0.336 e. The SMILES string of the molecule is CCSC1=C(C#N)[C@H](c2cccs2)C(C(=O)OC)=C(C)N1. The second kappa shape index (κ2) is 6.83. The molecule has 0 spiro atoms. The smallest absolute Gasteiger partial charge is 0.336 e. The average Bonchev–Trinajstić information content (AvgIpc) is 3.00. The zero-order valence-electron chi connectivity index (χ0n) is 12.1. The van der Waals surface area contributed by atoms with Gasteiger partial charge in [-0.15, -0.1) is 23.1 Å². The Morgan fingerprint density at radius 3 is 2.90 bits per heavy atom. The first-order valence-electron chi connectivity index (χ1n) is 6.50. The van der Waals surface area contributed by atoms with Gasteiger partial charge in [-0.1, -0.05) is 13.0 Å². The van der Waals surface area contributed by atoms with Gasteiger partial charge >= 0.3 is 5.97 Å². The van der Waals surface area contributed by atoms with Crippen LogP contribution in [-0.2, 0) is 9.53 Å². The fraction of sp³-hybridized carbons (Fsp3) is 0.333. The Morgan fingerprint density at radius 2 is 2.38 bits per heavy atom. The highest BCUT2D eigenvalue weighted by Gasteiger charge is 2.35. The third kappa shape index (κ3) is 2.99. The molecule has 0 unspecified atom stereocenters. The molecule has 0 aromatic carbocycles. The standard InChI is InChI=1S/C15H16N2O2S2/c1-4-20-14-10(8-16)13(11-6-5-7-21-11)12(9(2)17-14)15(18)19-3/h5-7,13,17H,4H2,1-3H3/t13-/m1/s1. The third-order valence-electron chi connectivity index (χ3n) is 3.17. The predicted octanol–water partition coefficient (Wildman–Crippen LogP) is 3.37. The van der Waals surface area contributed by atoms with E-state index in [0.29, 0.717) is 11.1 Å². The van der Waals surface area contributed by atoms with Crippen LogP contribution in [0.4, 0.5) is 0 Å². The molecule has 0 bridgehead atoms. The van der Waals surface area contributed by atoms with Gasteiger partial charge in [0.15, 0.2) is 0 Å². The van der Waals surface area contributed by atoms with Crippen LogP contribution in [0.25, 0.3) is 0 Å². The number of hydrogen-bond acceptors (Lipinski definition) is 6. The Labute approximate surface area is 132 Å². The number of carbonyl (C=O) groups is 1. The number of nitrogens with one attached hydrogen (secondary N) is 1. The maximum atomic E-state index is 12.2. The van der Waals surface area contributed by atoms with Crippen LogP contribution in [0.5, 0.6) is 0 Å². The topological polar surface area (TPSA) is 62.1 Å². The number of methoxy groups -OCH3 is 1. The van der Waals surface area contributed by atoms with Crippen LogP contribution < -0.4 is 5.32 Å². The quantitative estimate of drug-likeness (QED) is 0.862. The van der Waals surface area contributed by atoms with Gasteiger partial charge in [-0.3, -0.25) is 0 Å². The summed E-state index contributed by atoms with van der Waals surface area (Å²) in [5.74, 6) is 0.107. The highest BCUT2D eigenvalue weighted by molar-refractivity contribution is 8.03. The zero-order chi connectivity index (χ0) is 15.4. The molecule has 0 aliphatic carbocycles. The number of thiophene rings is 1. The van der Waals surface area contributed by atoms with Crippen molar-refractivity contribution in [2.45, 2.75) is 19.8 Å². The van der Waals surface area contributed by atoms with Gasteiger partial charge in [-0.05, 0) is 24.1 Å². The van der Waals surface area contributed by atoms with Crippen LogP contribution in [0.2, 0.25) is 0 Å².